The van der Waals surface area contributed by atoms with E-state index in [-0.39, 0.29) is 9.88 Å². The second-order valence-corrected chi connectivity index (χ2v) is 4.98. The molecule has 0 aliphatic rings. The lowest BCUT2D eigenvalue weighted by Gasteiger charge is -2.01. The molecule has 0 unspecified atom stereocenters. The Balaban J connectivity index is 2.51. The predicted octanol–water partition coefficient (Wildman–Crippen LogP) is 2.91. The summed E-state index contributed by atoms with van der Waals surface area (Å²) in [5.74, 6) is 0. The van der Waals surface area contributed by atoms with Gasteiger partial charge in [0.15, 0.2) is 10.7 Å². The number of nitro groups is 1. The van der Waals surface area contributed by atoms with E-state index in [4.69, 9.17) is 0 Å². The van der Waals surface area contributed by atoms with Crippen molar-refractivity contribution in [3.8, 4) is 5.00 Å². The van der Waals surface area contributed by atoms with Crippen LogP contribution < -0.4 is 0 Å². The second kappa shape index (κ2) is 4.87. The normalized spacial score (nSPS) is 13.4. The van der Waals surface area contributed by atoms with Crippen molar-refractivity contribution in [2.75, 3.05) is 0 Å². The highest BCUT2D eigenvalue weighted by atomic mass is 32.1. The number of thiophene rings is 1. The van der Waals surface area contributed by atoms with Gasteiger partial charge in [0.2, 0.25) is 0 Å². The SMILES string of the molecule is C[C@H](O)c1cc([N+](=O)[O-])c(-n2ccc(C(F)(F)F)n2)s1. The standard InChI is InChI=1S/C10H8F3N3O3S/c1-5(17)7-4-6(16(18)19)9(20-7)15-3-2-8(14-15)10(11,12)13/h2-5,17H,1H3/t5-/m0/s1. The van der Waals surface area contributed by atoms with E-state index >= 15 is 0 Å². The molecule has 0 aliphatic heterocycles. The first-order valence-electron chi connectivity index (χ1n) is 5.29. The van der Waals surface area contributed by atoms with Crippen molar-refractivity contribution in [1.29, 1.82) is 0 Å². The summed E-state index contributed by atoms with van der Waals surface area (Å²) in [7, 11) is 0. The lowest BCUT2D eigenvalue weighted by molar-refractivity contribution is -0.384. The molecule has 0 radical (unpaired) electrons. The Morgan fingerprint density at radius 1 is 1.55 bits per heavy atom. The maximum absolute atomic E-state index is 12.5. The van der Waals surface area contributed by atoms with Gasteiger partial charge in [-0.1, -0.05) is 0 Å². The molecular weight excluding hydrogens is 299 g/mol. The largest absolute Gasteiger partial charge is 0.435 e. The van der Waals surface area contributed by atoms with E-state index in [2.05, 4.69) is 5.10 Å². The quantitative estimate of drug-likeness (QED) is 0.698. The van der Waals surface area contributed by atoms with Gasteiger partial charge >= 0.3 is 11.9 Å². The zero-order chi connectivity index (χ0) is 15.1. The molecular formula is C10H8F3N3O3S. The molecule has 2 aromatic rings. The Bertz CT molecular complexity index is 648. The maximum atomic E-state index is 12.5. The van der Waals surface area contributed by atoms with Crippen molar-refractivity contribution >= 4 is 17.0 Å². The zero-order valence-electron chi connectivity index (χ0n) is 9.96. The molecule has 2 rings (SSSR count). The summed E-state index contributed by atoms with van der Waals surface area (Å²) in [5.41, 5.74) is -1.54. The third-order valence-corrected chi connectivity index (χ3v) is 3.69. The van der Waals surface area contributed by atoms with Crippen LogP contribution in [0, 0.1) is 10.1 Å². The van der Waals surface area contributed by atoms with Gasteiger partial charge in [-0.2, -0.15) is 18.3 Å². The smallest absolute Gasteiger partial charge is 0.388 e. The summed E-state index contributed by atoms with van der Waals surface area (Å²) in [6.07, 6.45) is -4.58. The van der Waals surface area contributed by atoms with Crippen molar-refractivity contribution in [1.82, 2.24) is 9.78 Å². The predicted molar refractivity (Wildman–Crippen MR) is 63.7 cm³/mol. The first-order chi connectivity index (χ1) is 9.20. The molecule has 1 N–H and O–H groups in total. The van der Waals surface area contributed by atoms with Crippen LogP contribution in [0.5, 0.6) is 0 Å². The Hall–Kier alpha value is -1.94. The minimum Gasteiger partial charge on any atom is -0.388 e. The molecule has 0 fully saturated rings. The molecule has 0 spiro atoms. The number of nitrogens with zero attached hydrogens (tertiary/aromatic N) is 3. The van der Waals surface area contributed by atoms with Crippen LogP contribution in [-0.2, 0) is 6.18 Å². The number of hydrogen-bond acceptors (Lipinski definition) is 5. The van der Waals surface area contributed by atoms with Gasteiger partial charge < -0.3 is 5.11 Å². The van der Waals surface area contributed by atoms with Crippen molar-refractivity contribution in [2.45, 2.75) is 19.2 Å². The molecule has 0 aromatic carbocycles. The van der Waals surface area contributed by atoms with E-state index < -0.39 is 28.6 Å². The highest BCUT2D eigenvalue weighted by Crippen LogP contribution is 2.36. The Morgan fingerprint density at radius 3 is 2.65 bits per heavy atom. The highest BCUT2D eigenvalue weighted by molar-refractivity contribution is 7.15. The van der Waals surface area contributed by atoms with Crippen LogP contribution in [0.3, 0.4) is 0 Å². The number of hydrogen-bond donors (Lipinski definition) is 1. The summed E-state index contributed by atoms with van der Waals surface area (Å²) in [6, 6.07) is 1.85. The molecule has 0 aliphatic carbocycles. The fourth-order valence-electron chi connectivity index (χ4n) is 1.48. The van der Waals surface area contributed by atoms with Crippen LogP contribution in [-0.4, -0.2) is 19.8 Å². The molecule has 1 atom stereocenters. The second-order valence-electron chi connectivity index (χ2n) is 3.92. The van der Waals surface area contributed by atoms with E-state index in [9.17, 15) is 28.4 Å². The molecule has 0 saturated heterocycles. The van der Waals surface area contributed by atoms with E-state index in [0.717, 1.165) is 34.3 Å². The fourth-order valence-corrected chi connectivity index (χ4v) is 2.48. The first-order valence-corrected chi connectivity index (χ1v) is 6.11. The number of aliphatic hydroxyl groups excluding tert-OH is 1. The third-order valence-electron chi connectivity index (χ3n) is 2.41. The van der Waals surface area contributed by atoms with Crippen LogP contribution in [0.2, 0.25) is 0 Å². The van der Waals surface area contributed by atoms with Gasteiger partial charge in [-0.15, -0.1) is 11.3 Å². The number of aliphatic hydroxyl groups is 1. The monoisotopic (exact) mass is 307 g/mol. The Kier molecular flexibility index (Phi) is 3.52. The van der Waals surface area contributed by atoms with Gasteiger partial charge in [-0.25, -0.2) is 4.68 Å². The molecule has 0 saturated carbocycles. The molecule has 2 aromatic heterocycles. The molecule has 2 heterocycles. The summed E-state index contributed by atoms with van der Waals surface area (Å²) >= 11 is 0.814. The van der Waals surface area contributed by atoms with E-state index in [1.54, 1.807) is 0 Å². The van der Waals surface area contributed by atoms with Crippen LogP contribution in [0.15, 0.2) is 18.3 Å². The van der Waals surface area contributed by atoms with Gasteiger partial charge in [0.1, 0.15) is 0 Å². The van der Waals surface area contributed by atoms with Gasteiger partial charge in [-0.05, 0) is 13.0 Å². The summed E-state index contributed by atoms with van der Waals surface area (Å²) in [5, 5.41) is 23.5. The summed E-state index contributed by atoms with van der Waals surface area (Å²) < 4.78 is 38.2. The molecule has 6 nitrogen and oxygen atoms in total. The summed E-state index contributed by atoms with van der Waals surface area (Å²) in [6.45, 7) is 1.41. The number of alkyl halides is 3. The van der Waals surface area contributed by atoms with Gasteiger partial charge in [0.25, 0.3) is 0 Å². The highest BCUT2D eigenvalue weighted by Gasteiger charge is 2.34. The summed E-state index contributed by atoms with van der Waals surface area (Å²) in [4.78, 5) is 10.4. The van der Waals surface area contributed by atoms with Crippen molar-refractivity contribution in [2.24, 2.45) is 0 Å². The average molecular weight is 307 g/mol. The topological polar surface area (TPSA) is 81.2 Å². The molecule has 0 bridgehead atoms. The van der Waals surface area contributed by atoms with E-state index in [1.165, 1.54) is 6.92 Å². The van der Waals surface area contributed by atoms with Gasteiger partial charge in [-0.3, -0.25) is 10.1 Å². The Labute approximate surface area is 114 Å². The van der Waals surface area contributed by atoms with Crippen LogP contribution >= 0.6 is 11.3 Å². The first kappa shape index (κ1) is 14.5. The van der Waals surface area contributed by atoms with Gasteiger partial charge in [0, 0.05) is 17.1 Å². The van der Waals surface area contributed by atoms with E-state index in [1.807, 2.05) is 0 Å². The number of halogens is 3. The van der Waals surface area contributed by atoms with Crippen LogP contribution in [0.1, 0.15) is 23.6 Å². The molecule has 10 heteroatoms. The number of aromatic nitrogens is 2. The fraction of sp³-hybridized carbons (Fsp3) is 0.300. The maximum Gasteiger partial charge on any atom is 0.435 e. The molecule has 108 valence electrons. The molecule has 20 heavy (non-hydrogen) atoms. The lowest BCUT2D eigenvalue weighted by Crippen LogP contribution is -2.07. The zero-order valence-corrected chi connectivity index (χ0v) is 10.8. The van der Waals surface area contributed by atoms with Crippen LogP contribution in [0.25, 0.3) is 5.00 Å². The van der Waals surface area contributed by atoms with Crippen LogP contribution in [0.4, 0.5) is 18.9 Å². The lowest BCUT2D eigenvalue weighted by atomic mass is 10.3. The minimum absolute atomic E-state index is 0.0820. The van der Waals surface area contributed by atoms with Crippen molar-refractivity contribution in [3.63, 3.8) is 0 Å². The minimum atomic E-state index is -4.62. The van der Waals surface area contributed by atoms with E-state index in [0.29, 0.717) is 0 Å². The number of rotatable bonds is 3. The van der Waals surface area contributed by atoms with Crippen molar-refractivity contribution in [3.05, 3.63) is 39.0 Å². The Morgan fingerprint density at radius 2 is 2.20 bits per heavy atom. The third kappa shape index (κ3) is 2.65. The van der Waals surface area contributed by atoms with Crippen molar-refractivity contribution < 1.29 is 23.2 Å². The molecule has 0 amide bonds. The van der Waals surface area contributed by atoms with Gasteiger partial charge in [0.05, 0.1) is 11.0 Å². The average Bonchev–Trinajstić information content (AvgIpc) is 2.94.